The van der Waals surface area contributed by atoms with Crippen molar-refractivity contribution in [3.8, 4) is 11.1 Å². The Hall–Kier alpha value is -0.760. The molecule has 0 aromatic carbocycles. The van der Waals surface area contributed by atoms with Crippen LogP contribution in [-0.4, -0.2) is 0 Å². The lowest BCUT2D eigenvalue weighted by atomic mass is 10.2. The molecule has 0 unspecified atom stereocenters. The molecular formula is C8H5BrO. The molecule has 0 saturated heterocycles. The molecule has 1 aliphatic heterocycles. The first-order valence-electron chi connectivity index (χ1n) is 2.99. The van der Waals surface area contributed by atoms with Crippen LogP contribution in [0.3, 0.4) is 0 Å². The van der Waals surface area contributed by atoms with Crippen LogP contribution in [0.15, 0.2) is 39.6 Å². The lowest BCUT2D eigenvalue weighted by molar-refractivity contribution is 0.525. The maximum absolute atomic E-state index is 5.12. The summed E-state index contributed by atoms with van der Waals surface area (Å²) < 4.78 is 5.88. The predicted molar refractivity (Wildman–Crippen MR) is 43.0 cm³/mol. The fourth-order valence-electron chi connectivity index (χ4n) is 0.963. The molecule has 1 heterocycles. The normalized spacial score (nSPS) is 10.5. The zero-order chi connectivity index (χ0) is 6.97. The fourth-order valence-corrected chi connectivity index (χ4v) is 1.30. The van der Waals surface area contributed by atoms with E-state index in [1.54, 1.807) is 6.26 Å². The van der Waals surface area contributed by atoms with Gasteiger partial charge in [0.15, 0.2) is 4.67 Å². The van der Waals surface area contributed by atoms with Gasteiger partial charge in [0.25, 0.3) is 0 Å². The van der Waals surface area contributed by atoms with Gasteiger partial charge < -0.3 is 4.42 Å². The average molecular weight is 197 g/mol. The van der Waals surface area contributed by atoms with Crippen LogP contribution in [0.25, 0.3) is 11.1 Å². The van der Waals surface area contributed by atoms with E-state index < -0.39 is 0 Å². The molecule has 10 heavy (non-hydrogen) atoms. The number of hydrogen-bond acceptors (Lipinski definition) is 1. The summed E-state index contributed by atoms with van der Waals surface area (Å²) in [6.07, 6.45) is 1.74. The standard InChI is InChI=1S/C8H5BrO/c9-8-4-6-2-1-3-7(6)5-10-8/h1-5H. The molecule has 0 atom stereocenters. The summed E-state index contributed by atoms with van der Waals surface area (Å²) in [5.41, 5.74) is 2.35. The molecule has 0 aromatic rings. The van der Waals surface area contributed by atoms with Crippen molar-refractivity contribution in [3.05, 3.63) is 35.2 Å². The first kappa shape index (κ1) is 5.98. The van der Waals surface area contributed by atoms with Crippen molar-refractivity contribution >= 4 is 15.9 Å². The third kappa shape index (κ3) is 0.847. The molecule has 0 spiro atoms. The predicted octanol–water partition coefficient (Wildman–Crippen LogP) is 3.15. The lowest BCUT2D eigenvalue weighted by Gasteiger charge is -1.95. The quantitative estimate of drug-likeness (QED) is 0.632. The highest BCUT2D eigenvalue weighted by atomic mass is 79.9. The Labute approximate surface area is 67.1 Å². The van der Waals surface area contributed by atoms with E-state index in [2.05, 4.69) is 22.0 Å². The molecule has 0 amide bonds. The van der Waals surface area contributed by atoms with E-state index in [1.165, 1.54) is 5.56 Å². The molecule has 0 fully saturated rings. The van der Waals surface area contributed by atoms with E-state index in [0.29, 0.717) is 0 Å². The number of rotatable bonds is 0. The van der Waals surface area contributed by atoms with Crippen LogP contribution in [0.2, 0.25) is 0 Å². The van der Waals surface area contributed by atoms with Gasteiger partial charge in [-0.25, -0.2) is 0 Å². The van der Waals surface area contributed by atoms with Gasteiger partial charge in [-0.3, -0.25) is 0 Å². The number of hydrogen-bond donors (Lipinski definition) is 0. The average Bonchev–Trinajstić information content (AvgIpc) is 2.33. The molecule has 1 nitrogen and oxygen atoms in total. The van der Waals surface area contributed by atoms with Crippen molar-refractivity contribution < 1.29 is 4.42 Å². The Morgan fingerprint density at radius 2 is 2.00 bits per heavy atom. The molecule has 50 valence electrons. The van der Waals surface area contributed by atoms with Crippen molar-refractivity contribution in [1.82, 2.24) is 0 Å². The van der Waals surface area contributed by atoms with Crippen molar-refractivity contribution in [2.24, 2.45) is 0 Å². The van der Waals surface area contributed by atoms with Gasteiger partial charge in [-0.2, -0.15) is 0 Å². The summed E-state index contributed by atoms with van der Waals surface area (Å²) in [4.78, 5) is 0. The van der Waals surface area contributed by atoms with Gasteiger partial charge in [-0.05, 0) is 27.6 Å². The van der Waals surface area contributed by atoms with E-state index >= 15 is 0 Å². The Morgan fingerprint density at radius 3 is 2.90 bits per heavy atom. The second kappa shape index (κ2) is 2.13. The summed E-state index contributed by atoms with van der Waals surface area (Å²) in [6, 6.07) is 8.03. The minimum atomic E-state index is 0.770. The molecule has 0 saturated carbocycles. The molecule has 0 N–H and O–H groups in total. The van der Waals surface area contributed by atoms with E-state index in [-0.39, 0.29) is 0 Å². The van der Waals surface area contributed by atoms with E-state index in [9.17, 15) is 0 Å². The Bertz CT molecular complexity index is 313. The van der Waals surface area contributed by atoms with Gasteiger partial charge in [0, 0.05) is 5.56 Å². The highest BCUT2D eigenvalue weighted by Gasteiger charge is 2.01. The van der Waals surface area contributed by atoms with E-state index in [4.69, 9.17) is 4.42 Å². The topological polar surface area (TPSA) is 13.1 Å². The first-order chi connectivity index (χ1) is 4.86. The van der Waals surface area contributed by atoms with Crippen molar-refractivity contribution in [3.63, 3.8) is 0 Å². The molecule has 1 aliphatic carbocycles. The maximum atomic E-state index is 5.12. The van der Waals surface area contributed by atoms with Crippen molar-refractivity contribution in [1.29, 1.82) is 0 Å². The van der Waals surface area contributed by atoms with Crippen LogP contribution in [0.4, 0.5) is 0 Å². The van der Waals surface area contributed by atoms with Crippen LogP contribution in [-0.2, 0) is 0 Å². The van der Waals surface area contributed by atoms with Gasteiger partial charge in [0.2, 0.25) is 0 Å². The second-order valence-electron chi connectivity index (χ2n) is 2.12. The summed E-state index contributed by atoms with van der Waals surface area (Å²) in [5.74, 6) is 0. The van der Waals surface area contributed by atoms with Gasteiger partial charge in [-0.15, -0.1) is 0 Å². The minimum absolute atomic E-state index is 0.770. The van der Waals surface area contributed by atoms with E-state index in [0.717, 1.165) is 10.2 Å². The highest BCUT2D eigenvalue weighted by Crippen LogP contribution is 2.25. The zero-order valence-electron chi connectivity index (χ0n) is 5.17. The zero-order valence-corrected chi connectivity index (χ0v) is 6.76. The second-order valence-corrected chi connectivity index (χ2v) is 2.90. The molecule has 2 rings (SSSR count). The molecular weight excluding hydrogens is 192 g/mol. The first-order valence-corrected chi connectivity index (χ1v) is 3.78. The van der Waals surface area contributed by atoms with Crippen LogP contribution < -0.4 is 0 Å². The Kier molecular flexibility index (Phi) is 1.27. The molecule has 0 radical (unpaired) electrons. The van der Waals surface area contributed by atoms with Crippen molar-refractivity contribution in [2.75, 3.05) is 0 Å². The number of halogens is 1. The Morgan fingerprint density at radius 1 is 1.20 bits per heavy atom. The number of fused-ring (bicyclic) bond motifs is 1. The maximum Gasteiger partial charge on any atom is 0.169 e. The third-order valence-corrected chi connectivity index (χ3v) is 1.87. The summed E-state index contributed by atoms with van der Waals surface area (Å²) in [6.45, 7) is 0. The Balaban J connectivity index is 2.75. The van der Waals surface area contributed by atoms with Gasteiger partial charge >= 0.3 is 0 Å². The molecule has 2 aliphatic rings. The van der Waals surface area contributed by atoms with Gasteiger partial charge in [-0.1, -0.05) is 18.2 Å². The molecule has 0 bridgehead atoms. The third-order valence-electron chi connectivity index (χ3n) is 1.45. The van der Waals surface area contributed by atoms with Gasteiger partial charge in [0.05, 0.1) is 6.26 Å². The summed E-state index contributed by atoms with van der Waals surface area (Å²) in [7, 11) is 0. The van der Waals surface area contributed by atoms with Crippen LogP contribution in [0.5, 0.6) is 0 Å². The summed E-state index contributed by atoms with van der Waals surface area (Å²) in [5, 5.41) is 0. The van der Waals surface area contributed by atoms with Gasteiger partial charge in [0.1, 0.15) is 0 Å². The highest BCUT2D eigenvalue weighted by molar-refractivity contribution is 9.10. The largest absolute Gasteiger partial charge is 0.457 e. The minimum Gasteiger partial charge on any atom is -0.457 e. The summed E-state index contributed by atoms with van der Waals surface area (Å²) >= 11 is 3.25. The van der Waals surface area contributed by atoms with Crippen LogP contribution in [0, 0.1) is 0 Å². The SMILES string of the molecule is Brc1cc2cccc-2co1. The molecule has 2 heteroatoms. The monoisotopic (exact) mass is 196 g/mol. The van der Waals surface area contributed by atoms with Crippen LogP contribution >= 0.6 is 15.9 Å². The lowest BCUT2D eigenvalue weighted by Crippen LogP contribution is -1.70. The van der Waals surface area contributed by atoms with E-state index in [1.807, 2.05) is 18.2 Å². The fraction of sp³-hybridized carbons (Fsp3) is 0. The van der Waals surface area contributed by atoms with Crippen LogP contribution in [0.1, 0.15) is 0 Å². The van der Waals surface area contributed by atoms with Crippen molar-refractivity contribution in [2.45, 2.75) is 0 Å². The smallest absolute Gasteiger partial charge is 0.169 e. The molecule has 0 aromatic heterocycles.